The average molecular weight is 249 g/mol. The van der Waals surface area contributed by atoms with Crippen molar-refractivity contribution in [1.82, 2.24) is 0 Å². The lowest BCUT2D eigenvalue weighted by Gasteiger charge is -2.28. The van der Waals surface area contributed by atoms with Gasteiger partial charge >= 0.3 is 0 Å². The van der Waals surface area contributed by atoms with Gasteiger partial charge in [0.2, 0.25) is 0 Å². The van der Waals surface area contributed by atoms with Crippen LogP contribution in [-0.2, 0) is 9.47 Å². The highest BCUT2D eigenvalue weighted by Crippen LogP contribution is 2.23. The van der Waals surface area contributed by atoms with Crippen molar-refractivity contribution in [3.63, 3.8) is 0 Å². The molecule has 0 aromatic heterocycles. The minimum Gasteiger partial charge on any atom is -0.381 e. The Morgan fingerprint density at radius 1 is 1.06 bits per heavy atom. The van der Waals surface area contributed by atoms with E-state index in [9.17, 15) is 0 Å². The maximum atomic E-state index is 5.88. The van der Waals surface area contributed by atoms with Crippen molar-refractivity contribution < 1.29 is 9.47 Å². The molecule has 2 atom stereocenters. The SMILES string of the molecule is COC1CCCC(OCCCCCCCl)C1. The summed E-state index contributed by atoms with van der Waals surface area (Å²) in [5, 5.41) is 0. The van der Waals surface area contributed by atoms with Gasteiger partial charge < -0.3 is 9.47 Å². The zero-order valence-electron chi connectivity index (χ0n) is 10.4. The zero-order chi connectivity index (χ0) is 11.6. The molecule has 3 heteroatoms. The molecule has 16 heavy (non-hydrogen) atoms. The molecule has 0 aromatic carbocycles. The van der Waals surface area contributed by atoms with Crippen molar-refractivity contribution in [1.29, 1.82) is 0 Å². The van der Waals surface area contributed by atoms with Crippen LogP contribution in [0.1, 0.15) is 51.4 Å². The number of halogens is 1. The Morgan fingerprint density at radius 3 is 2.56 bits per heavy atom. The lowest BCUT2D eigenvalue weighted by Crippen LogP contribution is -2.27. The van der Waals surface area contributed by atoms with Crippen LogP contribution in [0.25, 0.3) is 0 Å². The third kappa shape index (κ3) is 6.07. The first-order valence-corrected chi connectivity index (χ1v) is 7.10. The van der Waals surface area contributed by atoms with Crippen LogP contribution in [0.4, 0.5) is 0 Å². The Kier molecular flexibility index (Phi) is 8.26. The van der Waals surface area contributed by atoms with Gasteiger partial charge in [0.15, 0.2) is 0 Å². The lowest BCUT2D eigenvalue weighted by molar-refractivity contribution is -0.0303. The lowest BCUT2D eigenvalue weighted by atomic mass is 9.95. The molecule has 0 saturated heterocycles. The van der Waals surface area contributed by atoms with Crippen molar-refractivity contribution in [2.75, 3.05) is 19.6 Å². The molecule has 1 rings (SSSR count). The summed E-state index contributed by atoms with van der Waals surface area (Å²) in [6, 6.07) is 0. The molecule has 1 aliphatic carbocycles. The van der Waals surface area contributed by atoms with Gasteiger partial charge in [-0.1, -0.05) is 12.8 Å². The predicted octanol–water partition coefficient (Wildman–Crippen LogP) is 3.76. The molecular formula is C13H25ClO2. The second-order valence-corrected chi connectivity index (χ2v) is 5.00. The molecule has 0 spiro atoms. The van der Waals surface area contributed by atoms with Gasteiger partial charge in [-0.05, 0) is 38.5 Å². The molecule has 1 fully saturated rings. The summed E-state index contributed by atoms with van der Waals surface area (Å²) >= 11 is 5.62. The summed E-state index contributed by atoms with van der Waals surface area (Å²) < 4.78 is 11.3. The maximum Gasteiger partial charge on any atom is 0.0599 e. The Hall–Kier alpha value is 0.210. The van der Waals surface area contributed by atoms with Crippen LogP contribution in [0.3, 0.4) is 0 Å². The van der Waals surface area contributed by atoms with E-state index in [1.807, 2.05) is 0 Å². The Balaban J connectivity index is 1.95. The first kappa shape index (κ1) is 14.3. The quantitative estimate of drug-likeness (QED) is 0.481. The monoisotopic (exact) mass is 248 g/mol. The maximum absolute atomic E-state index is 5.88. The Labute approximate surface area is 105 Å². The largest absolute Gasteiger partial charge is 0.381 e. The van der Waals surface area contributed by atoms with Crippen LogP contribution in [0, 0.1) is 0 Å². The number of rotatable bonds is 8. The first-order chi connectivity index (χ1) is 7.86. The fraction of sp³-hybridized carbons (Fsp3) is 1.00. The van der Waals surface area contributed by atoms with E-state index in [1.165, 1.54) is 38.5 Å². The highest BCUT2D eigenvalue weighted by Gasteiger charge is 2.21. The molecule has 0 bridgehead atoms. The van der Waals surface area contributed by atoms with E-state index >= 15 is 0 Å². The first-order valence-electron chi connectivity index (χ1n) is 6.57. The predicted molar refractivity (Wildman–Crippen MR) is 68.2 cm³/mol. The second-order valence-electron chi connectivity index (χ2n) is 4.62. The minimum atomic E-state index is 0.426. The summed E-state index contributed by atoms with van der Waals surface area (Å²) in [6.07, 6.45) is 10.4. The van der Waals surface area contributed by atoms with E-state index < -0.39 is 0 Å². The number of ether oxygens (including phenoxy) is 2. The van der Waals surface area contributed by atoms with Crippen LogP contribution < -0.4 is 0 Å². The van der Waals surface area contributed by atoms with Gasteiger partial charge in [0.1, 0.15) is 0 Å². The van der Waals surface area contributed by atoms with Crippen LogP contribution in [-0.4, -0.2) is 31.8 Å². The van der Waals surface area contributed by atoms with Gasteiger partial charge in [0.25, 0.3) is 0 Å². The Morgan fingerprint density at radius 2 is 1.81 bits per heavy atom. The van der Waals surface area contributed by atoms with Gasteiger partial charge in [-0.2, -0.15) is 0 Å². The molecular weight excluding hydrogens is 224 g/mol. The van der Waals surface area contributed by atoms with E-state index in [0.717, 1.165) is 25.3 Å². The standard InChI is InChI=1S/C13H25ClO2/c1-15-12-7-6-8-13(11-12)16-10-5-3-2-4-9-14/h12-13H,2-11H2,1H3. The second kappa shape index (κ2) is 9.26. The third-order valence-electron chi connectivity index (χ3n) is 3.29. The number of alkyl halides is 1. The topological polar surface area (TPSA) is 18.5 Å². The number of hydrogen-bond donors (Lipinski definition) is 0. The van der Waals surface area contributed by atoms with E-state index in [0.29, 0.717) is 12.2 Å². The van der Waals surface area contributed by atoms with Gasteiger partial charge in [-0.3, -0.25) is 0 Å². The minimum absolute atomic E-state index is 0.426. The third-order valence-corrected chi connectivity index (χ3v) is 3.56. The summed E-state index contributed by atoms with van der Waals surface area (Å²) in [5.74, 6) is 0.791. The van der Waals surface area contributed by atoms with Crippen LogP contribution in [0.5, 0.6) is 0 Å². The zero-order valence-corrected chi connectivity index (χ0v) is 11.2. The molecule has 1 saturated carbocycles. The van der Waals surface area contributed by atoms with Gasteiger partial charge in [0, 0.05) is 19.6 Å². The van der Waals surface area contributed by atoms with Crippen molar-refractivity contribution >= 4 is 11.6 Å². The average Bonchev–Trinajstić information content (AvgIpc) is 2.34. The van der Waals surface area contributed by atoms with Gasteiger partial charge in [0.05, 0.1) is 12.2 Å². The van der Waals surface area contributed by atoms with Crippen LogP contribution in [0.2, 0.25) is 0 Å². The molecule has 0 heterocycles. The van der Waals surface area contributed by atoms with Crippen molar-refractivity contribution in [2.24, 2.45) is 0 Å². The van der Waals surface area contributed by atoms with Gasteiger partial charge in [-0.15, -0.1) is 11.6 Å². The highest BCUT2D eigenvalue weighted by molar-refractivity contribution is 6.17. The highest BCUT2D eigenvalue weighted by atomic mass is 35.5. The summed E-state index contributed by atoms with van der Waals surface area (Å²) in [7, 11) is 1.80. The Bertz CT molecular complexity index is 164. The molecule has 0 radical (unpaired) electrons. The number of methoxy groups -OCH3 is 1. The normalized spacial score (nSPS) is 25.9. The molecule has 2 unspecified atom stereocenters. The fourth-order valence-electron chi connectivity index (χ4n) is 2.27. The molecule has 1 aliphatic rings. The number of hydrogen-bond acceptors (Lipinski definition) is 2. The van der Waals surface area contributed by atoms with Crippen LogP contribution in [0.15, 0.2) is 0 Å². The molecule has 0 N–H and O–H groups in total. The summed E-state index contributed by atoms with van der Waals surface area (Å²) in [4.78, 5) is 0. The summed E-state index contributed by atoms with van der Waals surface area (Å²) in [5.41, 5.74) is 0. The van der Waals surface area contributed by atoms with Crippen molar-refractivity contribution in [3.8, 4) is 0 Å². The molecule has 0 aromatic rings. The van der Waals surface area contributed by atoms with E-state index in [-0.39, 0.29) is 0 Å². The van der Waals surface area contributed by atoms with E-state index in [1.54, 1.807) is 7.11 Å². The van der Waals surface area contributed by atoms with Crippen molar-refractivity contribution in [2.45, 2.75) is 63.6 Å². The van der Waals surface area contributed by atoms with Crippen molar-refractivity contribution in [3.05, 3.63) is 0 Å². The smallest absolute Gasteiger partial charge is 0.0599 e. The molecule has 2 nitrogen and oxygen atoms in total. The molecule has 0 aliphatic heterocycles. The molecule has 96 valence electrons. The van der Waals surface area contributed by atoms with E-state index in [4.69, 9.17) is 21.1 Å². The van der Waals surface area contributed by atoms with E-state index in [2.05, 4.69) is 0 Å². The number of unbranched alkanes of at least 4 members (excludes halogenated alkanes) is 3. The fourth-order valence-corrected chi connectivity index (χ4v) is 2.46. The molecule has 0 amide bonds. The summed E-state index contributed by atoms with van der Waals surface area (Å²) in [6.45, 7) is 0.906. The van der Waals surface area contributed by atoms with Crippen LogP contribution >= 0.6 is 11.6 Å². The van der Waals surface area contributed by atoms with Gasteiger partial charge in [-0.25, -0.2) is 0 Å².